The predicted octanol–water partition coefficient (Wildman–Crippen LogP) is 1.32. The van der Waals surface area contributed by atoms with Crippen LogP contribution in [-0.4, -0.2) is 58.6 Å². The molecule has 1 aromatic carbocycles. The van der Waals surface area contributed by atoms with Crippen LogP contribution in [0.1, 0.15) is 35.1 Å². The number of ether oxygens (including phenoxy) is 1. The lowest BCUT2D eigenvalue weighted by molar-refractivity contribution is -0.124. The molecule has 0 bridgehead atoms. The number of amides is 2. The van der Waals surface area contributed by atoms with Crippen LogP contribution in [0.4, 0.5) is 5.69 Å². The summed E-state index contributed by atoms with van der Waals surface area (Å²) in [6, 6.07) is 6.95. The van der Waals surface area contributed by atoms with Gasteiger partial charge in [0.05, 0.1) is 0 Å². The molecule has 4 rings (SSSR count). The number of nitrogens with one attached hydrogen (secondary N) is 2. The lowest BCUT2D eigenvalue weighted by atomic mass is 10.1. The first-order valence-electron chi connectivity index (χ1n) is 9.65. The first-order chi connectivity index (χ1) is 13.6. The minimum absolute atomic E-state index is 0.0669. The number of imidazole rings is 1. The molecule has 2 aliphatic rings. The number of piperazine rings is 1. The Kier molecular flexibility index (Phi) is 5.40. The average Bonchev–Trinajstić information content (AvgIpc) is 3.39. The summed E-state index contributed by atoms with van der Waals surface area (Å²) in [5.74, 6) is 0.626. The summed E-state index contributed by atoms with van der Waals surface area (Å²) in [4.78, 5) is 31.8. The lowest BCUT2D eigenvalue weighted by Gasteiger charge is -2.35. The van der Waals surface area contributed by atoms with E-state index in [0.717, 1.165) is 25.2 Å². The molecule has 1 aromatic heterocycles. The normalized spacial score (nSPS) is 22.2. The summed E-state index contributed by atoms with van der Waals surface area (Å²) < 4.78 is 7.36. The molecule has 2 atom stereocenters. The zero-order chi connectivity index (χ0) is 19.5. The summed E-state index contributed by atoms with van der Waals surface area (Å²) in [5, 5.41) is 6.20. The van der Waals surface area contributed by atoms with Crippen molar-refractivity contribution < 1.29 is 14.3 Å². The van der Waals surface area contributed by atoms with Gasteiger partial charge in [0, 0.05) is 56.9 Å². The van der Waals surface area contributed by atoms with E-state index in [4.69, 9.17) is 4.74 Å². The molecule has 2 aromatic rings. The largest absolute Gasteiger partial charge is 0.368 e. The van der Waals surface area contributed by atoms with Gasteiger partial charge < -0.3 is 24.8 Å². The Hall–Kier alpha value is -2.71. The van der Waals surface area contributed by atoms with Crippen molar-refractivity contribution in [3.05, 3.63) is 48.0 Å². The van der Waals surface area contributed by atoms with Crippen LogP contribution in [-0.2, 0) is 16.6 Å². The maximum absolute atomic E-state index is 13.2. The molecule has 2 aliphatic heterocycles. The molecule has 0 spiro atoms. The number of hydrogen-bond acceptors (Lipinski definition) is 5. The highest BCUT2D eigenvalue weighted by Crippen LogP contribution is 2.24. The molecule has 2 fully saturated rings. The minimum atomic E-state index is -0.402. The van der Waals surface area contributed by atoms with Crippen LogP contribution < -0.4 is 10.6 Å². The Bertz CT molecular complexity index is 859. The molecule has 0 saturated carbocycles. The SMILES string of the molecule is Cn1ccnc1C1CNCCN1C(=O)c1cccc(NC(=O)C2CCCO2)c1. The van der Waals surface area contributed by atoms with Crippen molar-refractivity contribution >= 4 is 17.5 Å². The molecule has 0 aliphatic carbocycles. The Balaban J connectivity index is 1.52. The van der Waals surface area contributed by atoms with Gasteiger partial charge in [0.1, 0.15) is 18.0 Å². The lowest BCUT2D eigenvalue weighted by Crippen LogP contribution is -2.49. The summed E-state index contributed by atoms with van der Waals surface area (Å²) in [6.45, 7) is 2.62. The van der Waals surface area contributed by atoms with Gasteiger partial charge in [0.2, 0.25) is 0 Å². The third-order valence-corrected chi connectivity index (χ3v) is 5.26. The number of rotatable bonds is 4. The van der Waals surface area contributed by atoms with E-state index in [2.05, 4.69) is 15.6 Å². The second-order valence-electron chi connectivity index (χ2n) is 7.19. The Morgan fingerprint density at radius 3 is 3.00 bits per heavy atom. The van der Waals surface area contributed by atoms with Gasteiger partial charge in [-0.3, -0.25) is 9.59 Å². The van der Waals surface area contributed by atoms with Crippen molar-refractivity contribution in [3.63, 3.8) is 0 Å². The average molecular weight is 383 g/mol. The number of benzene rings is 1. The summed E-state index contributed by atoms with van der Waals surface area (Å²) in [6.07, 6.45) is 4.85. The van der Waals surface area contributed by atoms with Crippen molar-refractivity contribution in [2.45, 2.75) is 25.0 Å². The van der Waals surface area contributed by atoms with Gasteiger partial charge in [-0.25, -0.2) is 4.98 Å². The van der Waals surface area contributed by atoms with E-state index in [0.29, 0.717) is 30.9 Å². The van der Waals surface area contributed by atoms with Crippen LogP contribution in [0.2, 0.25) is 0 Å². The van der Waals surface area contributed by atoms with E-state index in [1.807, 2.05) is 22.7 Å². The molecule has 2 N–H and O–H groups in total. The number of hydrogen-bond donors (Lipinski definition) is 2. The number of carbonyl (C=O) groups is 2. The van der Waals surface area contributed by atoms with E-state index in [1.165, 1.54) is 0 Å². The fraction of sp³-hybridized carbons (Fsp3) is 0.450. The Morgan fingerprint density at radius 1 is 1.36 bits per heavy atom. The van der Waals surface area contributed by atoms with Gasteiger partial charge in [-0.2, -0.15) is 0 Å². The third-order valence-electron chi connectivity index (χ3n) is 5.26. The van der Waals surface area contributed by atoms with Crippen LogP contribution in [0.3, 0.4) is 0 Å². The van der Waals surface area contributed by atoms with Gasteiger partial charge >= 0.3 is 0 Å². The summed E-state index contributed by atoms with van der Waals surface area (Å²) in [5.41, 5.74) is 1.15. The van der Waals surface area contributed by atoms with E-state index < -0.39 is 6.10 Å². The van der Waals surface area contributed by atoms with Crippen molar-refractivity contribution in [2.24, 2.45) is 7.05 Å². The van der Waals surface area contributed by atoms with E-state index >= 15 is 0 Å². The highest BCUT2D eigenvalue weighted by molar-refractivity contribution is 5.98. The van der Waals surface area contributed by atoms with E-state index in [1.54, 1.807) is 30.5 Å². The fourth-order valence-corrected chi connectivity index (χ4v) is 3.78. The van der Waals surface area contributed by atoms with Crippen LogP contribution >= 0.6 is 0 Å². The quantitative estimate of drug-likeness (QED) is 0.832. The summed E-state index contributed by atoms with van der Waals surface area (Å²) >= 11 is 0. The molecular formula is C20H25N5O3. The maximum atomic E-state index is 13.2. The number of aromatic nitrogens is 2. The fourth-order valence-electron chi connectivity index (χ4n) is 3.78. The molecule has 0 radical (unpaired) electrons. The topological polar surface area (TPSA) is 88.5 Å². The second kappa shape index (κ2) is 8.12. The number of nitrogens with zero attached hydrogens (tertiary/aromatic N) is 3. The molecule has 8 heteroatoms. The molecule has 2 saturated heterocycles. The maximum Gasteiger partial charge on any atom is 0.254 e. The smallest absolute Gasteiger partial charge is 0.254 e. The van der Waals surface area contributed by atoms with Crippen LogP contribution in [0.25, 0.3) is 0 Å². The molecule has 8 nitrogen and oxygen atoms in total. The first-order valence-corrected chi connectivity index (χ1v) is 9.65. The highest BCUT2D eigenvalue weighted by Gasteiger charge is 2.31. The molecule has 3 heterocycles. The second-order valence-corrected chi connectivity index (χ2v) is 7.19. The molecule has 2 amide bonds. The molecule has 28 heavy (non-hydrogen) atoms. The number of aryl methyl sites for hydroxylation is 1. The van der Waals surface area contributed by atoms with Crippen molar-refractivity contribution in [3.8, 4) is 0 Å². The Morgan fingerprint density at radius 2 is 2.25 bits per heavy atom. The Labute approximate surface area is 163 Å². The zero-order valence-electron chi connectivity index (χ0n) is 15.9. The van der Waals surface area contributed by atoms with Gasteiger partial charge in [-0.15, -0.1) is 0 Å². The number of carbonyl (C=O) groups excluding carboxylic acids is 2. The molecule has 148 valence electrons. The standard InChI is InChI=1S/C20H25N5O3/c1-24-9-8-22-18(24)16-13-21-7-10-25(16)20(27)14-4-2-5-15(12-14)23-19(26)17-6-3-11-28-17/h2,4-5,8-9,12,16-17,21H,3,6-7,10-11,13H2,1H3,(H,23,26). The van der Waals surface area contributed by atoms with Gasteiger partial charge in [-0.1, -0.05) is 6.07 Å². The van der Waals surface area contributed by atoms with Crippen molar-refractivity contribution in [1.82, 2.24) is 19.8 Å². The highest BCUT2D eigenvalue weighted by atomic mass is 16.5. The monoisotopic (exact) mass is 383 g/mol. The first kappa shape index (κ1) is 18.6. The minimum Gasteiger partial charge on any atom is -0.368 e. The third kappa shape index (κ3) is 3.79. The predicted molar refractivity (Wildman–Crippen MR) is 104 cm³/mol. The van der Waals surface area contributed by atoms with E-state index in [9.17, 15) is 9.59 Å². The van der Waals surface area contributed by atoms with Gasteiger partial charge in [-0.05, 0) is 31.0 Å². The van der Waals surface area contributed by atoms with Crippen LogP contribution in [0, 0.1) is 0 Å². The van der Waals surface area contributed by atoms with Gasteiger partial charge in [0.25, 0.3) is 11.8 Å². The summed E-state index contributed by atoms with van der Waals surface area (Å²) in [7, 11) is 1.93. The van der Waals surface area contributed by atoms with Gasteiger partial charge in [0.15, 0.2) is 0 Å². The van der Waals surface area contributed by atoms with Crippen molar-refractivity contribution in [1.29, 1.82) is 0 Å². The molecular weight excluding hydrogens is 358 g/mol. The van der Waals surface area contributed by atoms with Crippen LogP contribution in [0.15, 0.2) is 36.7 Å². The molecule has 2 unspecified atom stereocenters. The van der Waals surface area contributed by atoms with Crippen LogP contribution in [0.5, 0.6) is 0 Å². The number of anilines is 1. The van der Waals surface area contributed by atoms with Crippen molar-refractivity contribution in [2.75, 3.05) is 31.6 Å². The van der Waals surface area contributed by atoms with E-state index in [-0.39, 0.29) is 17.9 Å². The zero-order valence-corrected chi connectivity index (χ0v) is 15.9.